The van der Waals surface area contributed by atoms with Gasteiger partial charge >= 0.3 is 0 Å². The van der Waals surface area contributed by atoms with Gasteiger partial charge in [-0.1, -0.05) is 19.3 Å². The van der Waals surface area contributed by atoms with Gasteiger partial charge in [0.1, 0.15) is 0 Å². The molecule has 1 amide bonds. The van der Waals surface area contributed by atoms with E-state index in [4.69, 9.17) is 4.74 Å². The van der Waals surface area contributed by atoms with E-state index < -0.39 is 0 Å². The van der Waals surface area contributed by atoms with E-state index in [0.717, 1.165) is 38.4 Å². The van der Waals surface area contributed by atoms with Crippen LogP contribution in [-0.2, 0) is 4.79 Å². The molecule has 132 valence electrons. The highest BCUT2D eigenvalue weighted by Crippen LogP contribution is 2.27. The Labute approximate surface area is 144 Å². The third kappa shape index (κ3) is 4.36. The fourth-order valence-corrected chi connectivity index (χ4v) is 3.66. The van der Waals surface area contributed by atoms with Gasteiger partial charge in [-0.3, -0.25) is 4.79 Å². The van der Waals surface area contributed by atoms with Crippen molar-refractivity contribution >= 4 is 11.7 Å². The van der Waals surface area contributed by atoms with E-state index in [9.17, 15) is 4.79 Å². The summed E-state index contributed by atoms with van der Waals surface area (Å²) in [5.41, 5.74) is 0. The molecule has 2 heterocycles. The second kappa shape index (κ2) is 8.31. The first kappa shape index (κ1) is 17.0. The molecule has 0 N–H and O–H groups in total. The van der Waals surface area contributed by atoms with Gasteiger partial charge in [-0.2, -0.15) is 0 Å². The minimum Gasteiger partial charge on any atom is -0.477 e. The first-order chi connectivity index (χ1) is 11.8. The van der Waals surface area contributed by atoms with Crippen molar-refractivity contribution in [2.45, 2.75) is 45.4 Å². The summed E-state index contributed by atoms with van der Waals surface area (Å²) in [5, 5.41) is 8.31. The van der Waals surface area contributed by atoms with Gasteiger partial charge in [0.15, 0.2) is 5.82 Å². The molecule has 0 atom stereocenters. The molecule has 0 aromatic carbocycles. The van der Waals surface area contributed by atoms with Gasteiger partial charge in [-0.05, 0) is 31.7 Å². The Kier molecular flexibility index (Phi) is 5.88. The Bertz CT molecular complexity index is 520. The number of hydrogen-bond acceptors (Lipinski definition) is 5. The van der Waals surface area contributed by atoms with Crippen LogP contribution in [0.25, 0.3) is 0 Å². The van der Waals surface area contributed by atoms with Crippen LogP contribution in [0, 0.1) is 5.92 Å². The largest absolute Gasteiger partial charge is 0.477 e. The average Bonchev–Trinajstić information content (AvgIpc) is 2.64. The lowest BCUT2D eigenvalue weighted by molar-refractivity contribution is -0.132. The van der Waals surface area contributed by atoms with E-state index in [1.807, 2.05) is 24.0 Å². The van der Waals surface area contributed by atoms with Crippen LogP contribution >= 0.6 is 0 Å². The maximum atomic E-state index is 12.5. The second-order valence-corrected chi connectivity index (χ2v) is 6.74. The van der Waals surface area contributed by atoms with Crippen LogP contribution in [0.1, 0.15) is 45.4 Å². The highest BCUT2D eigenvalue weighted by molar-refractivity contribution is 5.76. The summed E-state index contributed by atoms with van der Waals surface area (Å²) in [6.45, 7) is 5.72. The standard InChI is InChI=1S/C18H28N4O2/c1-2-24-17-9-8-16(19-20-17)21-10-12-22(13-11-21)18(23)14-15-6-4-3-5-7-15/h8-9,15H,2-7,10-14H2,1H3. The van der Waals surface area contributed by atoms with Crippen LogP contribution in [0.15, 0.2) is 12.1 Å². The summed E-state index contributed by atoms with van der Waals surface area (Å²) >= 11 is 0. The van der Waals surface area contributed by atoms with Crippen molar-refractivity contribution in [1.82, 2.24) is 15.1 Å². The molecule has 2 fully saturated rings. The molecule has 1 aliphatic heterocycles. The van der Waals surface area contributed by atoms with Crippen LogP contribution in [0.5, 0.6) is 5.88 Å². The molecule has 1 aromatic heterocycles. The molecule has 6 nitrogen and oxygen atoms in total. The number of piperazine rings is 1. The predicted octanol–water partition coefficient (Wildman–Crippen LogP) is 2.49. The maximum absolute atomic E-state index is 12.5. The molecule has 3 rings (SSSR count). The lowest BCUT2D eigenvalue weighted by Gasteiger charge is -2.36. The number of hydrogen-bond donors (Lipinski definition) is 0. The number of carbonyl (C=O) groups is 1. The molecule has 0 radical (unpaired) electrons. The molecule has 1 aromatic rings. The van der Waals surface area contributed by atoms with Gasteiger partial charge in [0.2, 0.25) is 11.8 Å². The number of nitrogens with zero attached hydrogens (tertiary/aromatic N) is 4. The molecule has 24 heavy (non-hydrogen) atoms. The Hall–Kier alpha value is -1.85. The highest BCUT2D eigenvalue weighted by atomic mass is 16.5. The number of amides is 1. The van der Waals surface area contributed by atoms with Crippen molar-refractivity contribution in [3.63, 3.8) is 0 Å². The van der Waals surface area contributed by atoms with Crippen LogP contribution in [0.2, 0.25) is 0 Å². The third-order valence-electron chi connectivity index (χ3n) is 5.06. The average molecular weight is 332 g/mol. The van der Waals surface area contributed by atoms with Crippen molar-refractivity contribution in [2.24, 2.45) is 5.92 Å². The van der Waals surface area contributed by atoms with Crippen molar-refractivity contribution < 1.29 is 9.53 Å². The van der Waals surface area contributed by atoms with Gasteiger partial charge in [0, 0.05) is 38.7 Å². The molecule has 1 aliphatic carbocycles. The lowest BCUT2D eigenvalue weighted by atomic mass is 9.86. The molecular weight excluding hydrogens is 304 g/mol. The molecule has 0 unspecified atom stereocenters. The predicted molar refractivity (Wildman–Crippen MR) is 93.2 cm³/mol. The summed E-state index contributed by atoms with van der Waals surface area (Å²) in [6, 6.07) is 3.80. The fourth-order valence-electron chi connectivity index (χ4n) is 3.66. The van der Waals surface area contributed by atoms with Crippen LogP contribution in [0.3, 0.4) is 0 Å². The maximum Gasteiger partial charge on any atom is 0.233 e. The Balaban J connectivity index is 1.47. The monoisotopic (exact) mass is 332 g/mol. The van der Waals surface area contributed by atoms with Gasteiger partial charge < -0.3 is 14.5 Å². The quantitative estimate of drug-likeness (QED) is 0.829. The van der Waals surface area contributed by atoms with Crippen molar-refractivity contribution in [3.8, 4) is 5.88 Å². The Morgan fingerprint density at radius 3 is 2.50 bits per heavy atom. The van der Waals surface area contributed by atoms with Crippen molar-refractivity contribution in [2.75, 3.05) is 37.7 Å². The number of ether oxygens (including phenoxy) is 1. The molecule has 0 bridgehead atoms. The molecular formula is C18H28N4O2. The normalized spacial score (nSPS) is 19.4. The third-order valence-corrected chi connectivity index (χ3v) is 5.06. The number of rotatable bonds is 5. The van der Waals surface area contributed by atoms with E-state index in [1.54, 1.807) is 0 Å². The fraction of sp³-hybridized carbons (Fsp3) is 0.722. The van der Waals surface area contributed by atoms with E-state index >= 15 is 0 Å². The van der Waals surface area contributed by atoms with Crippen LogP contribution in [0.4, 0.5) is 5.82 Å². The number of anilines is 1. The van der Waals surface area contributed by atoms with E-state index in [2.05, 4.69) is 15.1 Å². The SMILES string of the molecule is CCOc1ccc(N2CCN(C(=O)CC3CCCCC3)CC2)nn1. The van der Waals surface area contributed by atoms with Gasteiger partial charge in [-0.15, -0.1) is 10.2 Å². The van der Waals surface area contributed by atoms with Crippen molar-refractivity contribution in [1.29, 1.82) is 0 Å². The first-order valence-electron chi connectivity index (χ1n) is 9.25. The zero-order valence-electron chi connectivity index (χ0n) is 14.6. The molecule has 1 saturated heterocycles. The van der Waals surface area contributed by atoms with Gasteiger partial charge in [0.05, 0.1) is 6.61 Å². The zero-order valence-corrected chi connectivity index (χ0v) is 14.6. The number of aromatic nitrogens is 2. The summed E-state index contributed by atoms with van der Waals surface area (Å²) in [7, 11) is 0. The van der Waals surface area contributed by atoms with Gasteiger partial charge in [0.25, 0.3) is 0 Å². The first-order valence-corrected chi connectivity index (χ1v) is 9.25. The van der Waals surface area contributed by atoms with Crippen LogP contribution in [-0.4, -0.2) is 53.8 Å². The van der Waals surface area contributed by atoms with Gasteiger partial charge in [-0.25, -0.2) is 0 Å². The number of carbonyl (C=O) groups excluding carboxylic acids is 1. The summed E-state index contributed by atoms with van der Waals surface area (Å²) < 4.78 is 5.32. The smallest absolute Gasteiger partial charge is 0.233 e. The topological polar surface area (TPSA) is 58.6 Å². The zero-order chi connectivity index (χ0) is 16.8. The van der Waals surface area contributed by atoms with Crippen LogP contribution < -0.4 is 9.64 Å². The van der Waals surface area contributed by atoms with E-state index in [-0.39, 0.29) is 0 Å². The minimum absolute atomic E-state index is 0.333. The summed E-state index contributed by atoms with van der Waals surface area (Å²) in [5.74, 6) is 2.36. The molecule has 1 saturated carbocycles. The Morgan fingerprint density at radius 1 is 1.12 bits per heavy atom. The van der Waals surface area contributed by atoms with Crippen molar-refractivity contribution in [3.05, 3.63) is 12.1 Å². The molecule has 2 aliphatic rings. The molecule has 0 spiro atoms. The Morgan fingerprint density at radius 2 is 1.88 bits per heavy atom. The second-order valence-electron chi connectivity index (χ2n) is 6.74. The lowest BCUT2D eigenvalue weighted by Crippen LogP contribution is -2.49. The minimum atomic E-state index is 0.333. The van der Waals surface area contributed by atoms with E-state index in [1.165, 1.54) is 32.1 Å². The highest BCUT2D eigenvalue weighted by Gasteiger charge is 2.25. The van der Waals surface area contributed by atoms with E-state index in [0.29, 0.717) is 24.3 Å². The summed E-state index contributed by atoms with van der Waals surface area (Å²) in [4.78, 5) is 16.7. The summed E-state index contributed by atoms with van der Waals surface area (Å²) in [6.07, 6.45) is 7.13. The molecule has 6 heteroatoms.